The summed E-state index contributed by atoms with van der Waals surface area (Å²) in [5.41, 5.74) is 2.04. The highest BCUT2D eigenvalue weighted by Crippen LogP contribution is 2.26. The zero-order chi connectivity index (χ0) is 18.7. The van der Waals surface area contributed by atoms with Gasteiger partial charge in [-0.15, -0.1) is 0 Å². The van der Waals surface area contributed by atoms with E-state index in [1.165, 1.54) is 0 Å². The van der Waals surface area contributed by atoms with Crippen LogP contribution >= 0.6 is 0 Å². The lowest BCUT2D eigenvalue weighted by molar-refractivity contribution is -0.171. The van der Waals surface area contributed by atoms with Crippen LogP contribution < -0.4 is 5.32 Å². The standard InChI is InChI=1S/C20H14F3NO2/c21-20(22,23)18(25)12-19(26)24-17-7-3-6-15(11-17)16-9-8-13-4-1-2-5-14(13)10-16/h1-11H,12H2,(H,24,26). The van der Waals surface area contributed by atoms with Gasteiger partial charge in [-0.3, -0.25) is 9.59 Å². The van der Waals surface area contributed by atoms with Gasteiger partial charge in [0.2, 0.25) is 11.7 Å². The van der Waals surface area contributed by atoms with Gasteiger partial charge in [-0.2, -0.15) is 13.2 Å². The second-order valence-corrected chi connectivity index (χ2v) is 5.79. The molecule has 3 aromatic rings. The van der Waals surface area contributed by atoms with Crippen molar-refractivity contribution in [1.29, 1.82) is 0 Å². The molecule has 0 unspecified atom stereocenters. The number of ketones is 1. The SMILES string of the molecule is O=C(CC(=O)C(F)(F)F)Nc1cccc(-c2ccc3ccccc3c2)c1. The van der Waals surface area contributed by atoms with Crippen molar-refractivity contribution in [1.82, 2.24) is 0 Å². The monoisotopic (exact) mass is 357 g/mol. The molecule has 6 heteroatoms. The zero-order valence-corrected chi connectivity index (χ0v) is 13.5. The van der Waals surface area contributed by atoms with Gasteiger partial charge in [0, 0.05) is 5.69 Å². The Labute approximate surface area is 147 Å². The Morgan fingerprint density at radius 3 is 2.23 bits per heavy atom. The van der Waals surface area contributed by atoms with Crippen molar-refractivity contribution in [3.8, 4) is 11.1 Å². The average Bonchev–Trinajstić information content (AvgIpc) is 2.60. The molecular weight excluding hydrogens is 343 g/mol. The first-order valence-corrected chi connectivity index (χ1v) is 7.82. The fourth-order valence-electron chi connectivity index (χ4n) is 2.60. The van der Waals surface area contributed by atoms with Gasteiger partial charge in [0.1, 0.15) is 0 Å². The van der Waals surface area contributed by atoms with Gasteiger partial charge in [0.05, 0.1) is 6.42 Å². The van der Waals surface area contributed by atoms with E-state index in [4.69, 9.17) is 0 Å². The lowest BCUT2D eigenvalue weighted by atomic mass is 10.0. The molecule has 0 aliphatic carbocycles. The lowest BCUT2D eigenvalue weighted by Gasteiger charge is -2.09. The molecule has 0 saturated carbocycles. The summed E-state index contributed by atoms with van der Waals surface area (Å²) < 4.78 is 36.7. The minimum Gasteiger partial charge on any atom is -0.326 e. The number of nitrogens with one attached hydrogen (secondary N) is 1. The molecule has 3 rings (SSSR count). The molecule has 0 bridgehead atoms. The summed E-state index contributed by atoms with van der Waals surface area (Å²) in [5, 5.41) is 4.47. The molecule has 0 atom stereocenters. The fraction of sp³-hybridized carbons (Fsp3) is 0.100. The Balaban J connectivity index is 1.79. The fourth-order valence-corrected chi connectivity index (χ4v) is 2.60. The van der Waals surface area contributed by atoms with Crippen LogP contribution in [0.25, 0.3) is 21.9 Å². The van der Waals surface area contributed by atoms with Crippen molar-refractivity contribution in [3.05, 3.63) is 66.7 Å². The van der Waals surface area contributed by atoms with Crippen LogP contribution in [0.5, 0.6) is 0 Å². The van der Waals surface area contributed by atoms with Gasteiger partial charge >= 0.3 is 6.18 Å². The number of carbonyl (C=O) groups is 2. The number of hydrogen-bond acceptors (Lipinski definition) is 2. The van der Waals surface area contributed by atoms with Crippen molar-refractivity contribution in [3.63, 3.8) is 0 Å². The Bertz CT molecular complexity index is 980. The minimum atomic E-state index is -5.01. The van der Waals surface area contributed by atoms with Crippen LogP contribution in [0, 0.1) is 0 Å². The van der Waals surface area contributed by atoms with Crippen LogP contribution in [0.1, 0.15) is 6.42 Å². The lowest BCUT2D eigenvalue weighted by Crippen LogP contribution is -2.27. The van der Waals surface area contributed by atoms with E-state index in [9.17, 15) is 22.8 Å². The van der Waals surface area contributed by atoms with Crippen molar-refractivity contribution < 1.29 is 22.8 Å². The summed E-state index contributed by atoms with van der Waals surface area (Å²) in [6.45, 7) is 0. The van der Waals surface area contributed by atoms with Crippen LogP contribution in [0.15, 0.2) is 66.7 Å². The summed E-state index contributed by atoms with van der Waals surface area (Å²) in [4.78, 5) is 22.6. The third kappa shape index (κ3) is 4.08. The summed E-state index contributed by atoms with van der Waals surface area (Å²) >= 11 is 0. The van der Waals surface area contributed by atoms with E-state index in [1.54, 1.807) is 18.2 Å². The predicted molar refractivity (Wildman–Crippen MR) is 93.7 cm³/mol. The van der Waals surface area contributed by atoms with E-state index >= 15 is 0 Å². The van der Waals surface area contributed by atoms with Crippen LogP contribution in [-0.4, -0.2) is 17.9 Å². The number of alkyl halides is 3. The molecule has 0 saturated heterocycles. The van der Waals surface area contributed by atoms with Crippen LogP contribution in [0.3, 0.4) is 0 Å². The van der Waals surface area contributed by atoms with E-state index in [-0.39, 0.29) is 0 Å². The summed E-state index contributed by atoms with van der Waals surface area (Å²) in [6.07, 6.45) is -6.24. The molecule has 0 spiro atoms. The average molecular weight is 357 g/mol. The maximum absolute atomic E-state index is 12.2. The van der Waals surface area contributed by atoms with Gasteiger partial charge < -0.3 is 5.32 Å². The first kappa shape index (κ1) is 17.7. The topological polar surface area (TPSA) is 46.2 Å². The number of halogens is 3. The molecule has 132 valence electrons. The Hall–Kier alpha value is -3.15. The van der Waals surface area contributed by atoms with E-state index in [1.807, 2.05) is 48.5 Å². The number of hydrogen-bond donors (Lipinski definition) is 1. The molecule has 0 fully saturated rings. The number of rotatable bonds is 4. The van der Waals surface area contributed by atoms with E-state index in [0.29, 0.717) is 5.69 Å². The zero-order valence-electron chi connectivity index (χ0n) is 13.5. The highest BCUT2D eigenvalue weighted by atomic mass is 19.4. The Kier molecular flexibility index (Phi) is 4.75. The number of anilines is 1. The van der Waals surface area contributed by atoms with Crippen molar-refractivity contribution in [2.75, 3.05) is 5.32 Å². The summed E-state index contributed by atoms with van der Waals surface area (Å²) in [5.74, 6) is -3.07. The maximum Gasteiger partial charge on any atom is 0.450 e. The maximum atomic E-state index is 12.2. The van der Waals surface area contributed by atoms with Crippen LogP contribution in [0.4, 0.5) is 18.9 Å². The van der Waals surface area contributed by atoms with Gasteiger partial charge in [0.25, 0.3) is 0 Å². The van der Waals surface area contributed by atoms with Crippen molar-refractivity contribution >= 4 is 28.2 Å². The van der Waals surface area contributed by atoms with Gasteiger partial charge in [-0.1, -0.05) is 48.5 Å². The molecule has 0 radical (unpaired) electrons. The molecular formula is C20H14F3NO2. The van der Waals surface area contributed by atoms with Crippen molar-refractivity contribution in [2.24, 2.45) is 0 Å². The van der Waals surface area contributed by atoms with Gasteiger partial charge in [0.15, 0.2) is 0 Å². The third-order valence-electron chi connectivity index (χ3n) is 3.87. The molecule has 26 heavy (non-hydrogen) atoms. The highest BCUT2D eigenvalue weighted by Gasteiger charge is 2.39. The predicted octanol–water partition coefficient (Wildman–Crippen LogP) is 4.97. The number of benzene rings is 3. The molecule has 3 nitrogen and oxygen atoms in total. The quantitative estimate of drug-likeness (QED) is 0.671. The van der Waals surface area contributed by atoms with E-state index in [2.05, 4.69) is 5.32 Å². The number of amides is 1. The molecule has 1 amide bonds. The third-order valence-corrected chi connectivity index (χ3v) is 3.87. The molecule has 3 aromatic carbocycles. The molecule has 0 aliphatic rings. The van der Waals surface area contributed by atoms with E-state index in [0.717, 1.165) is 21.9 Å². The first-order valence-electron chi connectivity index (χ1n) is 7.82. The molecule has 0 aromatic heterocycles. The highest BCUT2D eigenvalue weighted by molar-refractivity contribution is 6.06. The van der Waals surface area contributed by atoms with Crippen LogP contribution in [0.2, 0.25) is 0 Å². The number of fused-ring (bicyclic) bond motifs is 1. The van der Waals surface area contributed by atoms with Crippen molar-refractivity contribution in [2.45, 2.75) is 12.6 Å². The molecule has 0 aliphatic heterocycles. The minimum absolute atomic E-state index is 0.329. The molecule has 1 N–H and O–H groups in total. The normalized spacial score (nSPS) is 11.3. The number of carbonyl (C=O) groups excluding carboxylic acids is 2. The van der Waals surface area contributed by atoms with Gasteiger partial charge in [-0.05, 0) is 40.1 Å². The Morgan fingerprint density at radius 1 is 0.808 bits per heavy atom. The Morgan fingerprint density at radius 2 is 1.50 bits per heavy atom. The number of Topliss-reactive ketones (excluding diaryl/α,β-unsaturated/α-hetero) is 1. The first-order chi connectivity index (χ1) is 12.3. The smallest absolute Gasteiger partial charge is 0.326 e. The summed E-state index contributed by atoms with van der Waals surface area (Å²) in [6, 6.07) is 20.5. The second-order valence-electron chi connectivity index (χ2n) is 5.79. The molecule has 0 heterocycles. The summed E-state index contributed by atoms with van der Waals surface area (Å²) in [7, 11) is 0. The second kappa shape index (κ2) is 7.00. The van der Waals surface area contributed by atoms with Gasteiger partial charge in [-0.25, -0.2) is 0 Å². The largest absolute Gasteiger partial charge is 0.450 e. The van der Waals surface area contributed by atoms with E-state index < -0.39 is 24.3 Å². The van der Waals surface area contributed by atoms with Crippen LogP contribution in [-0.2, 0) is 9.59 Å².